The number of ether oxygens (including phenoxy) is 4. The smallest absolute Gasteiger partial charge is 0.126 e. The fourth-order valence-electron chi connectivity index (χ4n) is 6.13. The topological polar surface area (TPSA) is 43.5 Å². The molecule has 2 atom stereocenters. The quantitative estimate of drug-likeness (QED) is 0.175. The molecule has 0 aliphatic carbocycles. The van der Waals surface area contributed by atoms with E-state index < -0.39 is 0 Å². The number of hydrogen-bond acceptors (Lipinski definition) is 4. The average Bonchev–Trinajstić information content (AvgIpc) is 3.82. The minimum atomic E-state index is -0.246. The highest BCUT2D eigenvalue weighted by molar-refractivity contribution is 5.57. The molecule has 45 heavy (non-hydrogen) atoms. The molecule has 252 valence electrons. The third-order valence-corrected chi connectivity index (χ3v) is 9.49. The predicted molar refractivity (Wildman–Crippen MR) is 189 cm³/mol. The first-order valence-corrected chi connectivity index (χ1v) is 17.5. The van der Waals surface area contributed by atoms with Crippen molar-refractivity contribution in [2.75, 3.05) is 26.4 Å². The van der Waals surface area contributed by atoms with E-state index in [1.165, 1.54) is 33.4 Å². The van der Waals surface area contributed by atoms with Gasteiger partial charge in [-0.15, -0.1) is 0 Å². The fourth-order valence-corrected chi connectivity index (χ4v) is 6.13. The first-order valence-electron chi connectivity index (χ1n) is 17.5. The van der Waals surface area contributed by atoms with Crippen molar-refractivity contribution in [2.24, 2.45) is 0 Å². The molecule has 0 saturated carbocycles. The SMILES string of the molecule is CC(C)(C)c1cc(C(C)(C)c2cc(C(C)(C)C)c(OCCCC3CO3)c(C(C)(C)C)c2)cc(C(C)(C)C)c1OCCCC1CO1. The molecule has 2 aliphatic heterocycles. The van der Waals surface area contributed by atoms with Crippen LogP contribution in [0.5, 0.6) is 11.5 Å². The Labute approximate surface area is 276 Å². The Morgan fingerprint density at radius 1 is 0.511 bits per heavy atom. The van der Waals surface area contributed by atoms with Crippen molar-refractivity contribution in [3.05, 3.63) is 57.6 Å². The summed E-state index contributed by atoms with van der Waals surface area (Å²) in [6.07, 6.45) is 5.04. The highest BCUT2D eigenvalue weighted by atomic mass is 16.6. The van der Waals surface area contributed by atoms with Gasteiger partial charge in [0.05, 0.1) is 38.6 Å². The van der Waals surface area contributed by atoms with Gasteiger partial charge in [-0.1, -0.05) is 121 Å². The normalized spacial score (nSPS) is 19.1. The van der Waals surface area contributed by atoms with E-state index in [9.17, 15) is 0 Å². The van der Waals surface area contributed by atoms with Gasteiger partial charge in [-0.05, 0) is 58.5 Å². The first kappa shape index (κ1) is 35.8. The van der Waals surface area contributed by atoms with Gasteiger partial charge in [0, 0.05) is 27.7 Å². The summed E-state index contributed by atoms with van der Waals surface area (Å²) < 4.78 is 24.3. The molecular weight excluding hydrogens is 556 g/mol. The van der Waals surface area contributed by atoms with Crippen LogP contribution in [0.3, 0.4) is 0 Å². The number of benzene rings is 2. The molecule has 2 heterocycles. The van der Waals surface area contributed by atoms with Crippen LogP contribution in [0.15, 0.2) is 24.3 Å². The van der Waals surface area contributed by atoms with Crippen LogP contribution in [0.25, 0.3) is 0 Å². The third kappa shape index (κ3) is 9.07. The fraction of sp³-hybridized carbons (Fsp3) is 0.707. The summed E-state index contributed by atoms with van der Waals surface area (Å²) in [4.78, 5) is 0. The second-order valence-electron chi connectivity index (χ2n) is 18.3. The van der Waals surface area contributed by atoms with Gasteiger partial charge in [0.2, 0.25) is 0 Å². The highest BCUT2D eigenvalue weighted by Crippen LogP contribution is 2.48. The highest BCUT2D eigenvalue weighted by Gasteiger charge is 2.36. The van der Waals surface area contributed by atoms with Crippen molar-refractivity contribution >= 4 is 0 Å². The molecule has 0 radical (unpaired) electrons. The van der Waals surface area contributed by atoms with Gasteiger partial charge in [0.1, 0.15) is 11.5 Å². The van der Waals surface area contributed by atoms with Crippen LogP contribution in [0, 0.1) is 0 Å². The number of rotatable bonds is 12. The Morgan fingerprint density at radius 2 is 0.778 bits per heavy atom. The van der Waals surface area contributed by atoms with E-state index in [-0.39, 0.29) is 27.1 Å². The Balaban J connectivity index is 1.83. The number of epoxide rings is 2. The van der Waals surface area contributed by atoms with Gasteiger partial charge >= 0.3 is 0 Å². The van der Waals surface area contributed by atoms with E-state index in [4.69, 9.17) is 18.9 Å². The van der Waals surface area contributed by atoms with E-state index in [0.29, 0.717) is 25.4 Å². The largest absolute Gasteiger partial charge is 0.493 e. The summed E-state index contributed by atoms with van der Waals surface area (Å²) in [7, 11) is 0. The van der Waals surface area contributed by atoms with E-state index >= 15 is 0 Å². The zero-order chi connectivity index (χ0) is 33.6. The molecule has 2 aromatic carbocycles. The van der Waals surface area contributed by atoms with Crippen LogP contribution >= 0.6 is 0 Å². The van der Waals surface area contributed by atoms with Gasteiger partial charge in [-0.3, -0.25) is 0 Å². The summed E-state index contributed by atoms with van der Waals surface area (Å²) in [5.41, 5.74) is 7.26. The minimum absolute atomic E-state index is 0.0721. The van der Waals surface area contributed by atoms with Crippen LogP contribution in [0.2, 0.25) is 0 Å². The van der Waals surface area contributed by atoms with Crippen LogP contribution in [0.4, 0.5) is 0 Å². The molecule has 0 N–H and O–H groups in total. The average molecular weight is 621 g/mol. The summed E-state index contributed by atoms with van der Waals surface area (Å²) in [5, 5.41) is 0. The van der Waals surface area contributed by atoms with Gasteiger partial charge in [-0.2, -0.15) is 0 Å². The molecule has 0 spiro atoms. The van der Waals surface area contributed by atoms with Crippen molar-refractivity contribution < 1.29 is 18.9 Å². The van der Waals surface area contributed by atoms with E-state index in [1.807, 2.05) is 0 Å². The van der Waals surface area contributed by atoms with Crippen LogP contribution < -0.4 is 9.47 Å². The van der Waals surface area contributed by atoms with Crippen molar-refractivity contribution in [3.8, 4) is 11.5 Å². The molecular formula is C41H64O4. The predicted octanol–water partition coefficient (Wildman–Crippen LogP) is 10.3. The van der Waals surface area contributed by atoms with E-state index in [2.05, 4.69) is 121 Å². The maximum Gasteiger partial charge on any atom is 0.126 e. The van der Waals surface area contributed by atoms with Crippen molar-refractivity contribution in [1.82, 2.24) is 0 Å². The van der Waals surface area contributed by atoms with Gasteiger partial charge in [0.25, 0.3) is 0 Å². The zero-order valence-electron chi connectivity index (χ0n) is 31.3. The first-order chi connectivity index (χ1) is 20.6. The van der Waals surface area contributed by atoms with Crippen molar-refractivity contribution in [3.63, 3.8) is 0 Å². The molecule has 4 rings (SSSR count). The van der Waals surface area contributed by atoms with Crippen LogP contribution in [-0.4, -0.2) is 38.6 Å². The maximum atomic E-state index is 6.70. The Morgan fingerprint density at radius 3 is 1.00 bits per heavy atom. The Bertz CT molecular complexity index is 1140. The van der Waals surface area contributed by atoms with Crippen molar-refractivity contribution in [1.29, 1.82) is 0 Å². The molecule has 2 aromatic rings. The summed E-state index contributed by atoms with van der Waals surface area (Å²) in [5.74, 6) is 2.13. The Hall–Kier alpha value is -2.04. The molecule has 4 nitrogen and oxygen atoms in total. The molecule has 0 aromatic heterocycles. The Kier molecular flexibility index (Phi) is 10.2. The lowest BCUT2D eigenvalue weighted by atomic mass is 9.69. The molecule has 4 heteroatoms. The maximum absolute atomic E-state index is 6.70. The minimum Gasteiger partial charge on any atom is -0.493 e. The van der Waals surface area contributed by atoms with E-state index in [1.54, 1.807) is 0 Å². The standard InChI is InChI=1S/C41H64O4/c1-37(2,3)31-21-27(22-32(38(4,5)6)35(31)42-19-15-17-29-25-44-29)41(13,14)28-23-33(39(7,8)9)36(34(24-28)40(10,11)12)43-20-16-18-30-26-45-30/h21-24,29-30H,15-20,25-26H2,1-14H3. The van der Waals surface area contributed by atoms with Crippen LogP contribution in [0.1, 0.15) is 156 Å². The molecule has 2 aliphatic rings. The summed E-state index contributed by atoms with van der Waals surface area (Å²) in [6.45, 7) is 35.8. The number of hydrogen-bond donors (Lipinski definition) is 0. The van der Waals surface area contributed by atoms with Gasteiger partial charge in [0.15, 0.2) is 0 Å². The van der Waals surface area contributed by atoms with E-state index in [0.717, 1.165) is 50.4 Å². The monoisotopic (exact) mass is 620 g/mol. The zero-order valence-corrected chi connectivity index (χ0v) is 31.3. The lowest BCUT2D eigenvalue weighted by Gasteiger charge is -2.37. The lowest BCUT2D eigenvalue weighted by molar-refractivity contribution is 0.280. The lowest BCUT2D eigenvalue weighted by Crippen LogP contribution is -2.27. The second kappa shape index (κ2) is 12.9. The molecule has 2 saturated heterocycles. The third-order valence-electron chi connectivity index (χ3n) is 9.49. The molecule has 2 fully saturated rings. The molecule has 0 amide bonds. The second-order valence-corrected chi connectivity index (χ2v) is 18.3. The summed E-state index contributed by atoms with van der Waals surface area (Å²) >= 11 is 0. The van der Waals surface area contributed by atoms with Crippen LogP contribution in [-0.2, 0) is 36.5 Å². The molecule has 0 bridgehead atoms. The van der Waals surface area contributed by atoms with Gasteiger partial charge in [-0.25, -0.2) is 0 Å². The molecule has 2 unspecified atom stereocenters. The summed E-state index contributed by atoms with van der Waals surface area (Å²) in [6, 6.07) is 9.75. The van der Waals surface area contributed by atoms with Crippen molar-refractivity contribution in [2.45, 2.75) is 162 Å². The van der Waals surface area contributed by atoms with Gasteiger partial charge < -0.3 is 18.9 Å².